The van der Waals surface area contributed by atoms with E-state index in [1.165, 1.54) is 18.2 Å². The highest BCUT2D eigenvalue weighted by molar-refractivity contribution is 7.98. The fourth-order valence-corrected chi connectivity index (χ4v) is 2.62. The van der Waals surface area contributed by atoms with E-state index in [-0.39, 0.29) is 16.1 Å². The van der Waals surface area contributed by atoms with Gasteiger partial charge in [0.25, 0.3) is 0 Å². The summed E-state index contributed by atoms with van der Waals surface area (Å²) in [4.78, 5) is 0.231. The third kappa shape index (κ3) is 3.56. The monoisotopic (exact) mass is 298 g/mol. The second kappa shape index (κ2) is 6.34. The van der Waals surface area contributed by atoms with Crippen LogP contribution in [0.25, 0.3) is 0 Å². The molecule has 2 N–H and O–H groups in total. The molecular weight excluding hydrogens is 288 g/mol. The van der Waals surface area contributed by atoms with E-state index in [0.717, 1.165) is 30.0 Å². The lowest BCUT2D eigenvalue weighted by atomic mass is 9.77. The van der Waals surface area contributed by atoms with Gasteiger partial charge in [0.05, 0.1) is 0 Å². The zero-order chi connectivity index (χ0) is 14.7. The largest absolute Gasteiger partial charge is 0.488 e. The fourth-order valence-electron chi connectivity index (χ4n) is 1.69. The Labute approximate surface area is 118 Å². The van der Waals surface area contributed by atoms with Crippen molar-refractivity contribution in [2.45, 2.75) is 10.6 Å². The molecule has 2 aromatic rings. The average molecular weight is 298 g/mol. The first-order chi connectivity index (χ1) is 9.47. The summed E-state index contributed by atoms with van der Waals surface area (Å²) in [5.41, 5.74) is 0.496. The van der Waals surface area contributed by atoms with Crippen LogP contribution in [0.3, 0.4) is 0 Å². The van der Waals surface area contributed by atoms with Gasteiger partial charge in [0, 0.05) is 16.7 Å². The zero-order valence-corrected chi connectivity index (χ0v) is 11.0. The smallest absolute Gasteiger partial charge is 0.423 e. The maximum atomic E-state index is 13.5. The molecule has 0 aromatic heterocycles. The van der Waals surface area contributed by atoms with E-state index in [9.17, 15) is 23.2 Å². The summed E-state index contributed by atoms with van der Waals surface area (Å²) >= 11 is 1.06. The van der Waals surface area contributed by atoms with Gasteiger partial charge in [-0.3, -0.25) is 0 Å². The zero-order valence-electron chi connectivity index (χ0n) is 10.2. The van der Waals surface area contributed by atoms with Gasteiger partial charge in [0.2, 0.25) is 0 Å². The minimum atomic E-state index is -1.81. The Kier molecular flexibility index (Phi) is 4.75. The van der Waals surface area contributed by atoms with Crippen molar-refractivity contribution in [3.05, 3.63) is 59.4 Å². The third-order valence-electron chi connectivity index (χ3n) is 2.66. The van der Waals surface area contributed by atoms with Gasteiger partial charge in [-0.05, 0) is 35.3 Å². The minimum absolute atomic E-state index is 0.0278. The highest BCUT2D eigenvalue weighted by Crippen LogP contribution is 2.25. The number of benzene rings is 2. The molecule has 104 valence electrons. The van der Waals surface area contributed by atoms with E-state index >= 15 is 0 Å². The lowest BCUT2D eigenvalue weighted by Crippen LogP contribution is -2.33. The van der Waals surface area contributed by atoms with Crippen LogP contribution in [0.15, 0.2) is 41.3 Å². The van der Waals surface area contributed by atoms with E-state index in [1.54, 1.807) is 0 Å². The number of hydrogen-bond donors (Lipinski definition) is 2. The van der Waals surface area contributed by atoms with Crippen molar-refractivity contribution in [2.75, 3.05) is 0 Å². The van der Waals surface area contributed by atoms with Crippen molar-refractivity contribution >= 4 is 24.3 Å². The van der Waals surface area contributed by atoms with Gasteiger partial charge in [0.15, 0.2) is 0 Å². The molecule has 0 saturated heterocycles. The lowest BCUT2D eigenvalue weighted by Gasteiger charge is -2.09. The average Bonchev–Trinajstić information content (AvgIpc) is 2.38. The topological polar surface area (TPSA) is 40.5 Å². The molecule has 2 nitrogen and oxygen atoms in total. The quantitative estimate of drug-likeness (QED) is 0.670. The molecule has 0 unspecified atom stereocenters. The van der Waals surface area contributed by atoms with Gasteiger partial charge < -0.3 is 10.0 Å². The highest BCUT2D eigenvalue weighted by atomic mass is 32.2. The Morgan fingerprint density at radius 1 is 0.950 bits per heavy atom. The molecule has 0 fully saturated rings. The van der Waals surface area contributed by atoms with Crippen LogP contribution in [0.1, 0.15) is 5.56 Å². The molecule has 2 rings (SSSR count). The predicted molar refractivity (Wildman–Crippen MR) is 72.1 cm³/mol. The second-order valence-electron chi connectivity index (χ2n) is 4.08. The van der Waals surface area contributed by atoms with Crippen LogP contribution in [0, 0.1) is 17.5 Å². The van der Waals surface area contributed by atoms with Crippen LogP contribution in [0.5, 0.6) is 0 Å². The Morgan fingerprint density at radius 2 is 1.60 bits per heavy atom. The van der Waals surface area contributed by atoms with Crippen LogP contribution in [-0.4, -0.2) is 17.2 Å². The van der Waals surface area contributed by atoms with Crippen LogP contribution in [0.4, 0.5) is 13.2 Å². The maximum Gasteiger partial charge on any atom is 0.488 e. The first kappa shape index (κ1) is 15.0. The van der Waals surface area contributed by atoms with E-state index in [1.807, 2.05) is 0 Å². The molecule has 0 aliphatic rings. The SMILES string of the molecule is OB(O)c1cc(F)ccc1CSc1ccc(F)cc1F. The van der Waals surface area contributed by atoms with Crippen LogP contribution >= 0.6 is 11.8 Å². The molecule has 20 heavy (non-hydrogen) atoms. The molecule has 0 atom stereocenters. The van der Waals surface area contributed by atoms with Gasteiger partial charge in [-0.2, -0.15) is 0 Å². The summed E-state index contributed by atoms with van der Waals surface area (Å²) in [7, 11) is -1.81. The van der Waals surface area contributed by atoms with Crippen molar-refractivity contribution in [3.63, 3.8) is 0 Å². The van der Waals surface area contributed by atoms with E-state index in [0.29, 0.717) is 5.56 Å². The van der Waals surface area contributed by atoms with Crippen molar-refractivity contribution in [1.82, 2.24) is 0 Å². The van der Waals surface area contributed by atoms with Crippen molar-refractivity contribution < 1.29 is 23.2 Å². The molecule has 0 heterocycles. The summed E-state index contributed by atoms with van der Waals surface area (Å²) in [6.45, 7) is 0. The first-order valence-corrected chi connectivity index (χ1v) is 6.68. The molecule has 0 amide bonds. The molecule has 2 aromatic carbocycles. The first-order valence-electron chi connectivity index (χ1n) is 5.69. The van der Waals surface area contributed by atoms with Crippen molar-refractivity contribution in [2.24, 2.45) is 0 Å². The number of halogens is 3. The highest BCUT2D eigenvalue weighted by Gasteiger charge is 2.17. The number of rotatable bonds is 4. The Hall–Kier alpha value is -1.44. The molecule has 0 aliphatic heterocycles. The van der Waals surface area contributed by atoms with E-state index in [2.05, 4.69) is 0 Å². The summed E-state index contributed by atoms with van der Waals surface area (Å²) in [6.07, 6.45) is 0. The lowest BCUT2D eigenvalue weighted by molar-refractivity contribution is 0.425. The second-order valence-corrected chi connectivity index (χ2v) is 5.10. The van der Waals surface area contributed by atoms with E-state index < -0.39 is 24.6 Å². The third-order valence-corrected chi connectivity index (χ3v) is 3.76. The molecular formula is C13H10BF3O2S. The molecule has 0 aliphatic carbocycles. The van der Waals surface area contributed by atoms with Gasteiger partial charge in [-0.1, -0.05) is 6.07 Å². The molecule has 0 bridgehead atoms. The van der Waals surface area contributed by atoms with Crippen LogP contribution < -0.4 is 5.46 Å². The molecule has 7 heteroatoms. The molecule has 0 radical (unpaired) electrons. The van der Waals surface area contributed by atoms with Gasteiger partial charge in [-0.15, -0.1) is 11.8 Å². The number of thioether (sulfide) groups is 1. The molecule has 0 saturated carbocycles. The van der Waals surface area contributed by atoms with Crippen molar-refractivity contribution in [1.29, 1.82) is 0 Å². The Balaban J connectivity index is 2.18. The minimum Gasteiger partial charge on any atom is -0.423 e. The van der Waals surface area contributed by atoms with Gasteiger partial charge in [0.1, 0.15) is 17.5 Å². The maximum absolute atomic E-state index is 13.5. The predicted octanol–water partition coefficient (Wildman–Crippen LogP) is 2.08. The fraction of sp³-hybridized carbons (Fsp3) is 0.0769. The summed E-state index contributed by atoms with van der Waals surface area (Å²) in [6, 6.07) is 6.81. The normalized spacial score (nSPS) is 10.7. The van der Waals surface area contributed by atoms with Gasteiger partial charge in [-0.25, -0.2) is 13.2 Å². The van der Waals surface area contributed by atoms with Crippen molar-refractivity contribution in [3.8, 4) is 0 Å². The summed E-state index contributed by atoms with van der Waals surface area (Å²) < 4.78 is 39.3. The Morgan fingerprint density at radius 3 is 2.25 bits per heavy atom. The summed E-state index contributed by atoms with van der Waals surface area (Å²) in [5.74, 6) is -1.74. The van der Waals surface area contributed by atoms with E-state index in [4.69, 9.17) is 0 Å². The van der Waals surface area contributed by atoms with Crippen LogP contribution in [-0.2, 0) is 5.75 Å². The molecule has 0 spiro atoms. The Bertz CT molecular complexity index is 623. The van der Waals surface area contributed by atoms with Gasteiger partial charge >= 0.3 is 7.12 Å². The summed E-state index contributed by atoms with van der Waals surface area (Å²) in [5, 5.41) is 18.3. The van der Waals surface area contributed by atoms with Crippen LogP contribution in [0.2, 0.25) is 0 Å². The standard InChI is InChI=1S/C13H10BF3O2S/c15-9-2-1-8(11(5-9)14(18)19)7-20-13-4-3-10(16)6-12(13)17/h1-6,18-19H,7H2. The number of hydrogen-bond acceptors (Lipinski definition) is 3.